The zero-order valence-corrected chi connectivity index (χ0v) is 8.89. The summed E-state index contributed by atoms with van der Waals surface area (Å²) in [5.74, 6) is -1.09. The highest BCUT2D eigenvalue weighted by Gasteiger charge is 2.24. The maximum atomic E-state index is 13.3. The minimum absolute atomic E-state index is 0.00637. The van der Waals surface area contributed by atoms with Crippen molar-refractivity contribution in [3.8, 4) is 0 Å². The molecule has 0 fully saturated rings. The van der Waals surface area contributed by atoms with Gasteiger partial charge in [0.05, 0.1) is 16.1 Å². The average Bonchev–Trinajstić information content (AvgIpc) is 2.52. The Morgan fingerprint density at radius 2 is 1.93 bits per heavy atom. The van der Waals surface area contributed by atoms with Gasteiger partial charge in [0.25, 0.3) is 0 Å². The maximum absolute atomic E-state index is 13.3. The van der Waals surface area contributed by atoms with Crippen LogP contribution < -0.4 is 0 Å². The van der Waals surface area contributed by atoms with Gasteiger partial charge >= 0.3 is 0 Å². The van der Waals surface area contributed by atoms with E-state index in [1.807, 2.05) is 0 Å². The third-order valence-corrected chi connectivity index (χ3v) is 3.07. The van der Waals surface area contributed by atoms with Crippen LogP contribution in [0.1, 0.15) is 12.0 Å². The largest absolute Gasteiger partial charge is 0.288 e. The molecule has 1 aromatic rings. The SMILES string of the molecule is Fc1cccc(F)c1C1=NCCC1Br. The third kappa shape index (κ3) is 1.59. The van der Waals surface area contributed by atoms with E-state index in [0.29, 0.717) is 12.3 Å². The molecule has 0 aromatic heterocycles. The van der Waals surface area contributed by atoms with E-state index in [0.717, 1.165) is 6.42 Å². The summed E-state index contributed by atoms with van der Waals surface area (Å²) >= 11 is 3.35. The number of alkyl halides is 1. The second kappa shape index (κ2) is 3.77. The van der Waals surface area contributed by atoms with Gasteiger partial charge in [-0.1, -0.05) is 22.0 Å². The minimum Gasteiger partial charge on any atom is -0.288 e. The van der Waals surface area contributed by atoms with Gasteiger partial charge in [-0.2, -0.15) is 0 Å². The first-order valence-electron chi connectivity index (χ1n) is 4.33. The monoisotopic (exact) mass is 259 g/mol. The smallest absolute Gasteiger partial charge is 0.135 e. The number of halogens is 3. The Labute approximate surface area is 89.0 Å². The number of hydrogen-bond acceptors (Lipinski definition) is 1. The van der Waals surface area contributed by atoms with Gasteiger partial charge in [-0.25, -0.2) is 8.78 Å². The lowest BCUT2D eigenvalue weighted by atomic mass is 10.1. The van der Waals surface area contributed by atoms with Crippen molar-refractivity contribution < 1.29 is 8.78 Å². The van der Waals surface area contributed by atoms with Crippen LogP contribution in [-0.4, -0.2) is 17.1 Å². The summed E-state index contributed by atoms with van der Waals surface area (Å²) in [5.41, 5.74) is 0.493. The molecule has 0 bridgehead atoms. The van der Waals surface area contributed by atoms with Crippen LogP contribution in [0.4, 0.5) is 8.78 Å². The van der Waals surface area contributed by atoms with E-state index in [-0.39, 0.29) is 10.4 Å². The first kappa shape index (κ1) is 9.77. The zero-order chi connectivity index (χ0) is 10.1. The summed E-state index contributed by atoms with van der Waals surface area (Å²) in [5, 5.41) is 0. The Balaban J connectivity index is 2.50. The molecular weight excluding hydrogens is 252 g/mol. The number of nitrogens with zero attached hydrogens (tertiary/aromatic N) is 1. The Morgan fingerprint density at radius 1 is 1.29 bits per heavy atom. The molecule has 1 aliphatic heterocycles. The van der Waals surface area contributed by atoms with Crippen LogP contribution in [0.3, 0.4) is 0 Å². The van der Waals surface area contributed by atoms with Crippen molar-refractivity contribution in [3.63, 3.8) is 0 Å². The fraction of sp³-hybridized carbons (Fsp3) is 0.300. The molecule has 0 saturated carbocycles. The van der Waals surface area contributed by atoms with Crippen LogP contribution in [0, 0.1) is 11.6 Å². The normalized spacial score (nSPS) is 21.1. The van der Waals surface area contributed by atoms with Crippen LogP contribution >= 0.6 is 15.9 Å². The fourth-order valence-corrected chi connectivity index (χ4v) is 2.09. The summed E-state index contributed by atoms with van der Waals surface area (Å²) in [6, 6.07) is 3.85. The molecule has 1 aromatic carbocycles. The van der Waals surface area contributed by atoms with Gasteiger partial charge in [-0.15, -0.1) is 0 Å². The molecule has 1 heterocycles. The lowest BCUT2D eigenvalue weighted by Crippen LogP contribution is -2.14. The van der Waals surface area contributed by atoms with E-state index >= 15 is 0 Å². The third-order valence-electron chi connectivity index (χ3n) is 2.18. The minimum atomic E-state index is -0.546. The molecule has 0 radical (unpaired) electrons. The summed E-state index contributed by atoms with van der Waals surface area (Å²) in [6.07, 6.45) is 0.795. The lowest BCUT2D eigenvalue weighted by Gasteiger charge is -2.07. The number of aliphatic imine (C=N–C) groups is 1. The highest BCUT2D eigenvalue weighted by atomic mass is 79.9. The molecule has 0 amide bonds. The molecule has 2 rings (SSSR count). The molecule has 0 saturated heterocycles. The van der Waals surface area contributed by atoms with E-state index < -0.39 is 11.6 Å². The quantitative estimate of drug-likeness (QED) is 0.688. The molecular formula is C10H8BrF2N. The van der Waals surface area contributed by atoms with Gasteiger partial charge in [0.2, 0.25) is 0 Å². The summed E-state index contributed by atoms with van der Waals surface area (Å²) < 4.78 is 26.7. The van der Waals surface area contributed by atoms with Crippen molar-refractivity contribution in [2.45, 2.75) is 11.2 Å². The highest BCUT2D eigenvalue weighted by Crippen LogP contribution is 2.24. The summed E-state index contributed by atoms with van der Waals surface area (Å²) in [7, 11) is 0. The van der Waals surface area contributed by atoms with Gasteiger partial charge in [-0.3, -0.25) is 4.99 Å². The Hall–Kier alpha value is -0.770. The average molecular weight is 260 g/mol. The second-order valence-corrected chi connectivity index (χ2v) is 4.23. The molecule has 1 unspecified atom stereocenters. The first-order valence-corrected chi connectivity index (χ1v) is 5.24. The molecule has 14 heavy (non-hydrogen) atoms. The Kier molecular flexibility index (Phi) is 2.63. The van der Waals surface area contributed by atoms with E-state index in [1.54, 1.807) is 0 Å². The van der Waals surface area contributed by atoms with E-state index in [9.17, 15) is 8.78 Å². The molecule has 74 valence electrons. The topological polar surface area (TPSA) is 12.4 Å². The van der Waals surface area contributed by atoms with Gasteiger partial charge < -0.3 is 0 Å². The Morgan fingerprint density at radius 3 is 2.43 bits per heavy atom. The number of hydrogen-bond donors (Lipinski definition) is 0. The van der Waals surface area contributed by atoms with Crippen molar-refractivity contribution in [2.24, 2.45) is 4.99 Å². The molecule has 1 atom stereocenters. The standard InChI is InChI=1S/C10H8BrF2N/c11-6-4-5-14-10(6)9-7(12)2-1-3-8(9)13/h1-3,6H,4-5H2. The van der Waals surface area contributed by atoms with E-state index in [1.165, 1.54) is 18.2 Å². The van der Waals surface area contributed by atoms with Crippen LogP contribution in [0.25, 0.3) is 0 Å². The predicted molar refractivity (Wildman–Crippen MR) is 55.1 cm³/mol. The van der Waals surface area contributed by atoms with Crippen LogP contribution in [0.5, 0.6) is 0 Å². The summed E-state index contributed by atoms with van der Waals surface area (Å²) in [6.45, 7) is 0.624. The van der Waals surface area contributed by atoms with Crippen molar-refractivity contribution in [1.29, 1.82) is 0 Å². The maximum Gasteiger partial charge on any atom is 0.135 e. The fourth-order valence-electron chi connectivity index (χ4n) is 1.51. The van der Waals surface area contributed by atoms with E-state index in [2.05, 4.69) is 20.9 Å². The lowest BCUT2D eigenvalue weighted by molar-refractivity contribution is 0.578. The molecule has 1 nitrogen and oxygen atoms in total. The molecule has 4 heteroatoms. The van der Waals surface area contributed by atoms with Crippen molar-refractivity contribution in [1.82, 2.24) is 0 Å². The Bertz CT molecular complexity index is 369. The number of rotatable bonds is 1. The molecule has 1 aliphatic rings. The molecule has 0 spiro atoms. The van der Waals surface area contributed by atoms with Gasteiger partial charge in [-0.05, 0) is 18.6 Å². The highest BCUT2D eigenvalue weighted by molar-refractivity contribution is 9.10. The van der Waals surface area contributed by atoms with Crippen LogP contribution in [0.15, 0.2) is 23.2 Å². The van der Waals surface area contributed by atoms with Crippen molar-refractivity contribution in [2.75, 3.05) is 6.54 Å². The van der Waals surface area contributed by atoms with Gasteiger partial charge in [0.15, 0.2) is 0 Å². The van der Waals surface area contributed by atoms with Gasteiger partial charge in [0, 0.05) is 6.54 Å². The van der Waals surface area contributed by atoms with Crippen LogP contribution in [-0.2, 0) is 0 Å². The second-order valence-electron chi connectivity index (χ2n) is 3.12. The molecule has 0 N–H and O–H groups in total. The first-order chi connectivity index (χ1) is 6.70. The predicted octanol–water partition coefficient (Wildman–Crippen LogP) is 2.92. The van der Waals surface area contributed by atoms with E-state index in [4.69, 9.17) is 0 Å². The van der Waals surface area contributed by atoms with Gasteiger partial charge in [0.1, 0.15) is 11.6 Å². The molecule has 0 aliphatic carbocycles. The van der Waals surface area contributed by atoms with Crippen molar-refractivity contribution in [3.05, 3.63) is 35.4 Å². The zero-order valence-electron chi connectivity index (χ0n) is 7.30. The summed E-state index contributed by atoms with van der Waals surface area (Å²) in [4.78, 5) is 4.06. The number of benzene rings is 1. The van der Waals surface area contributed by atoms with Crippen molar-refractivity contribution >= 4 is 21.6 Å². The van der Waals surface area contributed by atoms with Crippen LogP contribution in [0.2, 0.25) is 0 Å².